The molecule has 1 heterocycles. The van der Waals surface area contributed by atoms with Crippen molar-refractivity contribution in [3.8, 4) is 0 Å². The van der Waals surface area contributed by atoms with E-state index in [-0.39, 0.29) is 0 Å². The number of nitrogens with zero attached hydrogens (tertiary/aromatic N) is 1. The van der Waals surface area contributed by atoms with Crippen molar-refractivity contribution in [2.45, 2.75) is 37.4 Å². The smallest absolute Gasteiger partial charge is 0.254 e. The van der Waals surface area contributed by atoms with E-state index >= 15 is 0 Å². The topological polar surface area (TPSA) is 133 Å². The molecule has 0 spiro atoms. The number of piperazine rings is 1. The van der Waals surface area contributed by atoms with Gasteiger partial charge < -0.3 is 35.7 Å². The minimum absolute atomic E-state index is 0.400. The van der Waals surface area contributed by atoms with Crippen LogP contribution in [0.1, 0.15) is 6.92 Å². The lowest BCUT2D eigenvalue weighted by molar-refractivity contribution is -0.162. The van der Waals surface area contributed by atoms with E-state index in [9.17, 15) is 25.2 Å². The Morgan fingerprint density at radius 2 is 1.53 bits per heavy atom. The van der Waals surface area contributed by atoms with Crippen LogP contribution in [0.3, 0.4) is 0 Å². The third-order valence-electron chi connectivity index (χ3n) is 3.20. The van der Waals surface area contributed by atoms with Gasteiger partial charge in [-0.15, -0.1) is 0 Å². The van der Waals surface area contributed by atoms with Gasteiger partial charge in [0, 0.05) is 26.2 Å². The van der Waals surface area contributed by atoms with E-state index < -0.39 is 36.4 Å². The van der Waals surface area contributed by atoms with Crippen LogP contribution in [-0.2, 0) is 4.79 Å². The lowest BCUT2D eigenvalue weighted by atomic mass is 9.99. The van der Waals surface area contributed by atoms with Crippen LogP contribution in [0.25, 0.3) is 0 Å². The molecule has 8 nitrogen and oxygen atoms in total. The van der Waals surface area contributed by atoms with Crippen molar-refractivity contribution in [1.82, 2.24) is 10.2 Å². The second kappa shape index (κ2) is 7.13. The largest absolute Gasteiger partial charge is 0.391 e. The molecule has 1 amide bonds. The summed E-state index contributed by atoms with van der Waals surface area (Å²) in [5.41, 5.74) is 0. The maximum absolute atomic E-state index is 11.9. The highest BCUT2D eigenvalue weighted by Crippen LogP contribution is 2.11. The Labute approximate surface area is 111 Å². The van der Waals surface area contributed by atoms with Gasteiger partial charge in [-0.2, -0.15) is 0 Å². The van der Waals surface area contributed by atoms with E-state index in [4.69, 9.17) is 5.11 Å². The van der Waals surface area contributed by atoms with Gasteiger partial charge in [-0.25, -0.2) is 0 Å². The predicted octanol–water partition coefficient (Wildman–Crippen LogP) is -3.76. The van der Waals surface area contributed by atoms with Crippen molar-refractivity contribution < 1.29 is 30.3 Å². The SMILES string of the molecule is C[C@@H](O)C(O)[C@@H](O)[C@H](O)[C@@H](O)C(=O)N1CCNCC1. The lowest BCUT2D eigenvalue weighted by Crippen LogP contribution is -2.56. The zero-order chi connectivity index (χ0) is 14.6. The minimum Gasteiger partial charge on any atom is -0.391 e. The number of amides is 1. The molecule has 1 rings (SSSR count). The number of aliphatic hydroxyl groups is 5. The van der Waals surface area contributed by atoms with Crippen molar-refractivity contribution in [2.75, 3.05) is 26.2 Å². The molecule has 1 aliphatic heterocycles. The Kier molecular flexibility index (Phi) is 6.11. The maximum Gasteiger partial charge on any atom is 0.254 e. The van der Waals surface area contributed by atoms with Gasteiger partial charge in [0.25, 0.3) is 5.91 Å². The Hall–Kier alpha value is -0.770. The molecule has 1 aliphatic rings. The molecular formula is C11H22N2O6. The Morgan fingerprint density at radius 3 is 2.00 bits per heavy atom. The van der Waals surface area contributed by atoms with E-state index in [1.807, 2.05) is 0 Å². The molecule has 8 heteroatoms. The monoisotopic (exact) mass is 278 g/mol. The molecule has 0 aliphatic carbocycles. The summed E-state index contributed by atoms with van der Waals surface area (Å²) in [5, 5.41) is 50.5. The standard InChI is InChI=1S/C11H22N2O6/c1-6(14)7(15)8(16)9(17)10(18)11(19)13-4-2-12-3-5-13/h6-10,12,14-18H,2-5H2,1H3/t6-,7?,8-,9+,10-/m1/s1. The van der Waals surface area contributed by atoms with Gasteiger partial charge in [-0.05, 0) is 6.92 Å². The Balaban J connectivity index is 2.59. The van der Waals surface area contributed by atoms with Crippen molar-refractivity contribution >= 4 is 5.91 Å². The predicted molar refractivity (Wildman–Crippen MR) is 65.2 cm³/mol. The van der Waals surface area contributed by atoms with Crippen LogP contribution in [0, 0.1) is 0 Å². The van der Waals surface area contributed by atoms with Crippen molar-refractivity contribution in [1.29, 1.82) is 0 Å². The van der Waals surface area contributed by atoms with E-state index in [1.54, 1.807) is 0 Å². The van der Waals surface area contributed by atoms with Crippen LogP contribution in [-0.4, -0.2) is 93.0 Å². The first-order valence-electron chi connectivity index (χ1n) is 6.26. The van der Waals surface area contributed by atoms with E-state index in [2.05, 4.69) is 5.32 Å². The van der Waals surface area contributed by atoms with Crippen molar-refractivity contribution in [3.05, 3.63) is 0 Å². The van der Waals surface area contributed by atoms with Crippen LogP contribution < -0.4 is 5.32 Å². The average molecular weight is 278 g/mol. The fourth-order valence-corrected chi connectivity index (χ4v) is 1.89. The second-order valence-corrected chi connectivity index (χ2v) is 4.73. The molecule has 1 unspecified atom stereocenters. The highest BCUT2D eigenvalue weighted by atomic mass is 16.4. The molecule has 5 atom stereocenters. The van der Waals surface area contributed by atoms with Crippen LogP contribution in [0.2, 0.25) is 0 Å². The number of nitrogens with one attached hydrogen (secondary N) is 1. The van der Waals surface area contributed by atoms with Crippen molar-refractivity contribution in [2.24, 2.45) is 0 Å². The van der Waals surface area contributed by atoms with Gasteiger partial charge in [-0.3, -0.25) is 4.79 Å². The van der Waals surface area contributed by atoms with Crippen molar-refractivity contribution in [3.63, 3.8) is 0 Å². The quantitative estimate of drug-likeness (QED) is 0.304. The summed E-state index contributed by atoms with van der Waals surface area (Å²) in [6.45, 7) is 3.21. The summed E-state index contributed by atoms with van der Waals surface area (Å²) in [5.74, 6) is -0.703. The van der Waals surface area contributed by atoms with E-state index in [1.165, 1.54) is 11.8 Å². The first kappa shape index (κ1) is 16.3. The van der Waals surface area contributed by atoms with Crippen LogP contribution in [0.5, 0.6) is 0 Å². The number of hydrogen-bond donors (Lipinski definition) is 6. The molecule has 112 valence electrons. The molecule has 0 radical (unpaired) electrons. The second-order valence-electron chi connectivity index (χ2n) is 4.73. The molecule has 0 saturated carbocycles. The lowest BCUT2D eigenvalue weighted by Gasteiger charge is -2.32. The zero-order valence-electron chi connectivity index (χ0n) is 10.8. The molecule has 19 heavy (non-hydrogen) atoms. The third-order valence-corrected chi connectivity index (χ3v) is 3.20. The van der Waals surface area contributed by atoms with Gasteiger partial charge in [0.2, 0.25) is 0 Å². The number of rotatable bonds is 5. The Morgan fingerprint density at radius 1 is 1.00 bits per heavy atom. The fourth-order valence-electron chi connectivity index (χ4n) is 1.89. The molecular weight excluding hydrogens is 256 g/mol. The number of carbonyl (C=O) groups is 1. The number of carbonyl (C=O) groups excluding carboxylic acids is 1. The average Bonchev–Trinajstić information content (AvgIpc) is 2.44. The Bertz CT molecular complexity index is 295. The summed E-state index contributed by atoms with van der Waals surface area (Å²) < 4.78 is 0. The molecule has 1 fully saturated rings. The summed E-state index contributed by atoms with van der Waals surface area (Å²) in [7, 11) is 0. The van der Waals surface area contributed by atoms with Gasteiger partial charge in [0.15, 0.2) is 6.10 Å². The molecule has 0 aromatic heterocycles. The molecule has 1 saturated heterocycles. The number of aliphatic hydroxyl groups excluding tert-OH is 5. The molecule has 0 aromatic rings. The molecule has 0 aromatic carbocycles. The normalized spacial score (nSPS) is 24.4. The molecule has 0 bridgehead atoms. The molecule has 6 N–H and O–H groups in total. The van der Waals surface area contributed by atoms with Gasteiger partial charge in [0.05, 0.1) is 6.10 Å². The maximum atomic E-state index is 11.9. The van der Waals surface area contributed by atoms with E-state index in [0.717, 1.165) is 0 Å². The number of hydrogen-bond acceptors (Lipinski definition) is 7. The summed E-state index contributed by atoms with van der Waals surface area (Å²) in [4.78, 5) is 13.2. The summed E-state index contributed by atoms with van der Waals surface area (Å²) in [6, 6.07) is 0. The summed E-state index contributed by atoms with van der Waals surface area (Å²) in [6.07, 6.45) is -8.41. The fraction of sp³-hybridized carbons (Fsp3) is 0.909. The van der Waals surface area contributed by atoms with Crippen LogP contribution in [0.4, 0.5) is 0 Å². The van der Waals surface area contributed by atoms with Gasteiger partial charge >= 0.3 is 0 Å². The first-order chi connectivity index (χ1) is 8.86. The van der Waals surface area contributed by atoms with Gasteiger partial charge in [0.1, 0.15) is 18.3 Å². The highest BCUT2D eigenvalue weighted by Gasteiger charge is 2.37. The van der Waals surface area contributed by atoms with E-state index in [0.29, 0.717) is 26.2 Å². The minimum atomic E-state index is -1.85. The zero-order valence-corrected chi connectivity index (χ0v) is 10.8. The summed E-state index contributed by atoms with van der Waals surface area (Å²) >= 11 is 0. The van der Waals surface area contributed by atoms with Crippen LogP contribution in [0.15, 0.2) is 0 Å². The van der Waals surface area contributed by atoms with Gasteiger partial charge in [-0.1, -0.05) is 0 Å². The third kappa shape index (κ3) is 4.10. The highest BCUT2D eigenvalue weighted by molar-refractivity contribution is 5.81. The van der Waals surface area contributed by atoms with Crippen LogP contribution >= 0.6 is 0 Å². The first-order valence-corrected chi connectivity index (χ1v) is 6.26.